The molecule has 1 aromatic heterocycles. The van der Waals surface area contributed by atoms with E-state index >= 15 is 0 Å². The smallest absolute Gasteiger partial charge is 0.134 e. The van der Waals surface area contributed by atoms with Crippen molar-refractivity contribution in [2.75, 3.05) is 18.0 Å². The van der Waals surface area contributed by atoms with E-state index in [4.69, 9.17) is 0 Å². The third kappa shape index (κ3) is 3.19. The minimum Gasteiger partial charge on any atom is -0.389 e. The summed E-state index contributed by atoms with van der Waals surface area (Å²) >= 11 is 0. The van der Waals surface area contributed by atoms with Crippen LogP contribution in [-0.2, 0) is 0 Å². The SMILES string of the molecule is C[C@@H](O)c1cccnc1N1CCCCCCC1. The summed E-state index contributed by atoms with van der Waals surface area (Å²) in [7, 11) is 0. The van der Waals surface area contributed by atoms with Crippen LogP contribution in [0.4, 0.5) is 5.82 Å². The van der Waals surface area contributed by atoms with E-state index in [0.29, 0.717) is 0 Å². The van der Waals surface area contributed by atoms with E-state index in [2.05, 4.69) is 9.88 Å². The molecule has 17 heavy (non-hydrogen) atoms. The average molecular weight is 234 g/mol. The second-order valence-corrected chi connectivity index (χ2v) is 4.85. The van der Waals surface area contributed by atoms with Crippen molar-refractivity contribution in [1.82, 2.24) is 4.98 Å². The van der Waals surface area contributed by atoms with Crippen LogP contribution in [0.2, 0.25) is 0 Å². The standard InChI is InChI=1S/C14H22N2O/c1-12(17)13-8-7-9-15-14(13)16-10-5-3-2-4-6-11-16/h7-9,12,17H,2-6,10-11H2,1H3/t12-/m1/s1. The van der Waals surface area contributed by atoms with Crippen LogP contribution in [-0.4, -0.2) is 23.2 Å². The fraction of sp³-hybridized carbons (Fsp3) is 0.643. The van der Waals surface area contributed by atoms with Crippen LogP contribution in [0.25, 0.3) is 0 Å². The fourth-order valence-corrected chi connectivity index (χ4v) is 2.46. The number of aliphatic hydroxyl groups excluding tert-OH is 1. The number of rotatable bonds is 2. The number of hydrogen-bond donors (Lipinski definition) is 1. The zero-order valence-corrected chi connectivity index (χ0v) is 10.6. The summed E-state index contributed by atoms with van der Waals surface area (Å²) in [6.07, 6.45) is 7.83. The molecule has 1 aromatic rings. The molecule has 94 valence electrons. The average Bonchev–Trinajstić information content (AvgIpc) is 2.28. The van der Waals surface area contributed by atoms with Gasteiger partial charge in [0, 0.05) is 24.8 Å². The van der Waals surface area contributed by atoms with Gasteiger partial charge in [-0.2, -0.15) is 0 Å². The topological polar surface area (TPSA) is 36.4 Å². The van der Waals surface area contributed by atoms with Crippen molar-refractivity contribution >= 4 is 5.82 Å². The maximum absolute atomic E-state index is 9.79. The molecule has 0 saturated carbocycles. The highest BCUT2D eigenvalue weighted by Gasteiger charge is 2.16. The molecule has 0 spiro atoms. The van der Waals surface area contributed by atoms with Gasteiger partial charge < -0.3 is 10.0 Å². The number of aliphatic hydroxyl groups is 1. The van der Waals surface area contributed by atoms with Crippen LogP contribution in [0.15, 0.2) is 18.3 Å². The molecule has 3 heteroatoms. The van der Waals surface area contributed by atoms with Gasteiger partial charge in [0.25, 0.3) is 0 Å². The summed E-state index contributed by atoms with van der Waals surface area (Å²) in [5.41, 5.74) is 0.952. The van der Waals surface area contributed by atoms with Gasteiger partial charge in [0.1, 0.15) is 5.82 Å². The zero-order chi connectivity index (χ0) is 12.1. The lowest BCUT2D eigenvalue weighted by molar-refractivity contribution is 0.199. The minimum atomic E-state index is -0.441. The van der Waals surface area contributed by atoms with Crippen LogP contribution in [0.3, 0.4) is 0 Å². The van der Waals surface area contributed by atoms with Crippen molar-refractivity contribution in [3.63, 3.8) is 0 Å². The Balaban J connectivity index is 2.18. The van der Waals surface area contributed by atoms with E-state index in [1.165, 1.54) is 32.1 Å². The first kappa shape index (κ1) is 12.4. The molecule has 1 N–H and O–H groups in total. The Morgan fingerprint density at radius 3 is 2.47 bits per heavy atom. The van der Waals surface area contributed by atoms with Crippen molar-refractivity contribution < 1.29 is 5.11 Å². The summed E-state index contributed by atoms with van der Waals surface area (Å²) < 4.78 is 0. The highest BCUT2D eigenvalue weighted by molar-refractivity contribution is 5.47. The molecule has 0 unspecified atom stereocenters. The molecule has 0 aliphatic carbocycles. The molecule has 2 heterocycles. The van der Waals surface area contributed by atoms with Crippen LogP contribution < -0.4 is 4.90 Å². The predicted molar refractivity (Wildman–Crippen MR) is 70.2 cm³/mol. The van der Waals surface area contributed by atoms with Crippen molar-refractivity contribution in [1.29, 1.82) is 0 Å². The Bertz CT molecular complexity index is 344. The lowest BCUT2D eigenvalue weighted by Crippen LogP contribution is -2.29. The molecule has 0 bridgehead atoms. The van der Waals surface area contributed by atoms with Gasteiger partial charge in [-0.05, 0) is 25.8 Å². The third-order valence-corrected chi connectivity index (χ3v) is 3.42. The van der Waals surface area contributed by atoms with Crippen LogP contribution >= 0.6 is 0 Å². The van der Waals surface area contributed by atoms with E-state index < -0.39 is 6.10 Å². The summed E-state index contributed by atoms with van der Waals surface area (Å²) in [5.74, 6) is 0.976. The number of hydrogen-bond acceptors (Lipinski definition) is 3. The van der Waals surface area contributed by atoms with E-state index in [1.807, 2.05) is 25.3 Å². The van der Waals surface area contributed by atoms with Crippen molar-refractivity contribution in [3.8, 4) is 0 Å². The Kier molecular flexibility index (Phi) is 4.37. The first-order chi connectivity index (χ1) is 8.29. The first-order valence-electron chi connectivity index (χ1n) is 6.67. The van der Waals surface area contributed by atoms with Gasteiger partial charge in [-0.3, -0.25) is 0 Å². The second-order valence-electron chi connectivity index (χ2n) is 4.85. The van der Waals surface area contributed by atoms with Crippen molar-refractivity contribution in [2.45, 2.75) is 45.1 Å². The van der Waals surface area contributed by atoms with E-state index in [9.17, 15) is 5.11 Å². The fourth-order valence-electron chi connectivity index (χ4n) is 2.46. The van der Waals surface area contributed by atoms with Gasteiger partial charge in [0.05, 0.1) is 6.10 Å². The van der Waals surface area contributed by atoms with E-state index in [0.717, 1.165) is 24.5 Å². The number of anilines is 1. The van der Waals surface area contributed by atoms with E-state index in [1.54, 1.807) is 0 Å². The number of aromatic nitrogens is 1. The molecule has 0 amide bonds. The zero-order valence-electron chi connectivity index (χ0n) is 10.6. The molecule has 1 fully saturated rings. The Morgan fingerprint density at radius 2 is 1.82 bits per heavy atom. The molecule has 1 atom stereocenters. The van der Waals surface area contributed by atoms with Crippen LogP contribution in [0, 0.1) is 0 Å². The molecule has 2 rings (SSSR count). The molecular formula is C14H22N2O. The predicted octanol–water partition coefficient (Wildman–Crippen LogP) is 2.91. The lowest BCUT2D eigenvalue weighted by atomic mass is 10.1. The van der Waals surface area contributed by atoms with E-state index in [-0.39, 0.29) is 0 Å². The summed E-state index contributed by atoms with van der Waals surface area (Å²) in [5, 5.41) is 9.79. The van der Waals surface area contributed by atoms with Gasteiger partial charge in [-0.15, -0.1) is 0 Å². The molecule has 1 saturated heterocycles. The van der Waals surface area contributed by atoms with Crippen molar-refractivity contribution in [3.05, 3.63) is 23.9 Å². The summed E-state index contributed by atoms with van der Waals surface area (Å²) in [4.78, 5) is 6.80. The first-order valence-corrected chi connectivity index (χ1v) is 6.67. The van der Waals surface area contributed by atoms with Crippen LogP contribution in [0.5, 0.6) is 0 Å². The minimum absolute atomic E-state index is 0.441. The number of pyridine rings is 1. The molecule has 1 aliphatic rings. The molecule has 3 nitrogen and oxygen atoms in total. The third-order valence-electron chi connectivity index (χ3n) is 3.42. The Morgan fingerprint density at radius 1 is 1.18 bits per heavy atom. The number of nitrogens with zero attached hydrogens (tertiary/aromatic N) is 2. The summed E-state index contributed by atoms with van der Waals surface area (Å²) in [6, 6.07) is 3.88. The highest BCUT2D eigenvalue weighted by atomic mass is 16.3. The van der Waals surface area contributed by atoms with Gasteiger partial charge in [0.15, 0.2) is 0 Å². The van der Waals surface area contributed by atoms with Gasteiger partial charge in [-0.25, -0.2) is 4.98 Å². The maximum Gasteiger partial charge on any atom is 0.134 e. The second kappa shape index (κ2) is 6.01. The molecular weight excluding hydrogens is 212 g/mol. The van der Waals surface area contributed by atoms with Crippen molar-refractivity contribution in [2.24, 2.45) is 0 Å². The molecule has 0 aromatic carbocycles. The monoisotopic (exact) mass is 234 g/mol. The van der Waals surface area contributed by atoms with Gasteiger partial charge >= 0.3 is 0 Å². The largest absolute Gasteiger partial charge is 0.389 e. The molecule has 0 radical (unpaired) electrons. The summed E-state index contributed by atoms with van der Waals surface area (Å²) in [6.45, 7) is 3.94. The van der Waals surface area contributed by atoms with Crippen LogP contribution in [0.1, 0.15) is 50.7 Å². The lowest BCUT2D eigenvalue weighted by Gasteiger charge is -2.28. The maximum atomic E-state index is 9.79. The highest BCUT2D eigenvalue weighted by Crippen LogP contribution is 2.25. The molecule has 1 aliphatic heterocycles. The quantitative estimate of drug-likeness (QED) is 0.854. The van der Waals surface area contributed by atoms with Gasteiger partial charge in [-0.1, -0.05) is 25.3 Å². The Labute approximate surface area is 103 Å². The van der Waals surface area contributed by atoms with Gasteiger partial charge in [0.2, 0.25) is 0 Å². The normalized spacial score (nSPS) is 19.5. The Hall–Kier alpha value is -1.09.